The molecule has 0 amide bonds. The van der Waals surface area contributed by atoms with Gasteiger partial charge in [0.15, 0.2) is 0 Å². The average molecular weight is 315 g/mol. The Bertz CT molecular complexity index is 727. The molecule has 1 aliphatic heterocycles. The Balaban J connectivity index is 1.86. The van der Waals surface area contributed by atoms with Crippen molar-refractivity contribution in [2.24, 2.45) is 0 Å². The van der Waals surface area contributed by atoms with E-state index < -0.39 is 11.3 Å². The fourth-order valence-electron chi connectivity index (χ4n) is 2.80. The first-order chi connectivity index (χ1) is 10.6. The lowest BCUT2D eigenvalue weighted by Crippen LogP contribution is -2.33. The molecule has 1 heterocycles. The number of rotatable bonds is 3. The van der Waals surface area contributed by atoms with Crippen LogP contribution in [0.3, 0.4) is 0 Å². The molecule has 3 rings (SSSR count). The van der Waals surface area contributed by atoms with Crippen LogP contribution in [-0.2, 0) is 17.7 Å². The van der Waals surface area contributed by atoms with Gasteiger partial charge in [0.25, 0.3) is 0 Å². The predicted molar refractivity (Wildman–Crippen MR) is 91.5 cm³/mol. The highest BCUT2D eigenvalue weighted by atomic mass is 32.2. The van der Waals surface area contributed by atoms with E-state index in [0.29, 0.717) is 5.75 Å². The highest BCUT2D eigenvalue weighted by molar-refractivity contribution is 7.82. The van der Waals surface area contributed by atoms with E-state index in [9.17, 15) is 4.21 Å². The normalized spacial score (nSPS) is 15.3. The van der Waals surface area contributed by atoms with Crippen LogP contribution in [0, 0.1) is 20.8 Å². The van der Waals surface area contributed by atoms with E-state index in [1.165, 1.54) is 16.7 Å². The maximum Gasteiger partial charge on any atom is 0.318 e. The van der Waals surface area contributed by atoms with Crippen molar-refractivity contribution < 1.29 is 8.39 Å². The molecule has 116 valence electrons. The molecule has 0 spiro atoms. The maximum absolute atomic E-state index is 12.7. The summed E-state index contributed by atoms with van der Waals surface area (Å²) in [6.07, 6.45) is 2.03. The van der Waals surface area contributed by atoms with Gasteiger partial charge in [-0.25, -0.2) is 0 Å². The molecule has 2 aromatic carbocycles. The van der Waals surface area contributed by atoms with Gasteiger partial charge in [-0.15, -0.1) is 0 Å². The van der Waals surface area contributed by atoms with Crippen molar-refractivity contribution in [1.82, 2.24) is 0 Å². The zero-order valence-corrected chi connectivity index (χ0v) is 14.1. The second-order valence-electron chi connectivity index (χ2n) is 5.77. The minimum absolute atomic E-state index is 0.699. The molecule has 0 radical (unpaired) electrons. The van der Waals surface area contributed by atoms with Gasteiger partial charge in [0.05, 0.1) is 5.69 Å². The van der Waals surface area contributed by atoms with Gasteiger partial charge in [0.2, 0.25) is 0 Å². The van der Waals surface area contributed by atoms with Gasteiger partial charge in [-0.3, -0.25) is 4.31 Å². The Morgan fingerprint density at radius 1 is 1.05 bits per heavy atom. The molecule has 3 nitrogen and oxygen atoms in total. The third-order valence-corrected chi connectivity index (χ3v) is 5.48. The number of hydrogen-bond acceptors (Lipinski definition) is 2. The number of aryl methyl sites for hydroxylation is 2. The molecule has 0 aromatic heterocycles. The summed E-state index contributed by atoms with van der Waals surface area (Å²) in [7, 11) is 0. The molecule has 0 aliphatic carbocycles. The number of fused-ring (bicyclic) bond motifs is 1. The van der Waals surface area contributed by atoms with Gasteiger partial charge in [-0.1, -0.05) is 24.3 Å². The number of benzene rings is 2. The highest BCUT2D eigenvalue weighted by Crippen LogP contribution is 2.30. The van der Waals surface area contributed by atoms with Crippen molar-refractivity contribution in [3.63, 3.8) is 0 Å². The van der Waals surface area contributed by atoms with Crippen LogP contribution in [0.25, 0.3) is 0 Å². The van der Waals surface area contributed by atoms with E-state index in [1.807, 2.05) is 41.6 Å². The van der Waals surface area contributed by atoms with Crippen molar-refractivity contribution >= 4 is 17.0 Å². The molecule has 1 atom stereocenters. The van der Waals surface area contributed by atoms with Gasteiger partial charge in [0, 0.05) is 6.54 Å². The third-order valence-electron chi connectivity index (χ3n) is 4.42. The lowest BCUT2D eigenvalue weighted by molar-refractivity contribution is 0.550. The first-order valence-corrected chi connectivity index (χ1v) is 8.63. The van der Waals surface area contributed by atoms with Crippen LogP contribution in [0.15, 0.2) is 36.4 Å². The van der Waals surface area contributed by atoms with Crippen molar-refractivity contribution in [1.29, 1.82) is 0 Å². The van der Waals surface area contributed by atoms with Crippen LogP contribution in [0.1, 0.15) is 28.7 Å². The van der Waals surface area contributed by atoms with Crippen LogP contribution >= 0.6 is 0 Å². The maximum atomic E-state index is 12.7. The minimum atomic E-state index is -1.51. The highest BCUT2D eigenvalue weighted by Gasteiger charge is 2.23. The topological polar surface area (TPSA) is 29.5 Å². The first-order valence-electron chi connectivity index (χ1n) is 7.60. The zero-order chi connectivity index (χ0) is 15.7. The van der Waals surface area contributed by atoms with Gasteiger partial charge < -0.3 is 4.18 Å². The number of para-hydroxylation sites is 1. The standard InChI is InChI=1S/C18H21NO2S/c1-13-10-11-18(15(3)14(13)2)21-22(20)19-12-6-8-16-7-4-5-9-17(16)19/h4-5,7,9-11H,6,8,12H2,1-3H3. The Kier molecular flexibility index (Phi) is 4.21. The van der Waals surface area contributed by atoms with Crippen molar-refractivity contribution in [3.05, 3.63) is 58.7 Å². The summed E-state index contributed by atoms with van der Waals surface area (Å²) < 4.78 is 20.3. The van der Waals surface area contributed by atoms with Gasteiger partial charge in [-0.05, 0) is 68.0 Å². The van der Waals surface area contributed by atoms with Crippen LogP contribution in [0.5, 0.6) is 5.75 Å². The Hall–Kier alpha value is -1.81. The molecular weight excluding hydrogens is 294 g/mol. The summed E-state index contributed by atoms with van der Waals surface area (Å²) in [6.45, 7) is 6.91. The molecule has 0 saturated carbocycles. The number of hydrogen-bond donors (Lipinski definition) is 0. The van der Waals surface area contributed by atoms with Gasteiger partial charge in [-0.2, -0.15) is 4.21 Å². The lowest BCUT2D eigenvalue weighted by Gasteiger charge is -2.29. The Morgan fingerprint density at radius 2 is 1.82 bits per heavy atom. The average Bonchev–Trinajstić information content (AvgIpc) is 2.55. The van der Waals surface area contributed by atoms with Gasteiger partial charge in [0.1, 0.15) is 5.75 Å². The van der Waals surface area contributed by atoms with E-state index in [2.05, 4.69) is 19.9 Å². The molecule has 1 unspecified atom stereocenters. The molecule has 2 aromatic rings. The summed E-state index contributed by atoms with van der Waals surface area (Å²) in [5.74, 6) is 0.699. The summed E-state index contributed by atoms with van der Waals surface area (Å²) in [5, 5.41) is 0. The molecule has 1 aliphatic rings. The largest absolute Gasteiger partial charge is 0.385 e. The first kappa shape index (κ1) is 15.1. The summed E-state index contributed by atoms with van der Waals surface area (Å²) in [4.78, 5) is 0. The van der Waals surface area contributed by atoms with Crippen LogP contribution in [-0.4, -0.2) is 10.8 Å². The van der Waals surface area contributed by atoms with Crippen molar-refractivity contribution in [3.8, 4) is 5.75 Å². The Morgan fingerprint density at radius 3 is 2.64 bits per heavy atom. The monoisotopic (exact) mass is 315 g/mol. The number of anilines is 1. The smallest absolute Gasteiger partial charge is 0.318 e. The van der Waals surface area contributed by atoms with Crippen molar-refractivity contribution in [2.75, 3.05) is 10.8 Å². The zero-order valence-electron chi connectivity index (χ0n) is 13.3. The minimum Gasteiger partial charge on any atom is -0.385 e. The fraction of sp³-hybridized carbons (Fsp3) is 0.333. The summed E-state index contributed by atoms with van der Waals surface area (Å²) >= 11 is -1.51. The van der Waals surface area contributed by atoms with E-state index in [4.69, 9.17) is 4.18 Å². The summed E-state index contributed by atoms with van der Waals surface area (Å²) in [6, 6.07) is 12.0. The lowest BCUT2D eigenvalue weighted by atomic mass is 10.0. The van der Waals surface area contributed by atoms with E-state index >= 15 is 0 Å². The van der Waals surface area contributed by atoms with Crippen molar-refractivity contribution in [2.45, 2.75) is 33.6 Å². The SMILES string of the molecule is Cc1ccc(OS(=O)N2CCCc3ccccc32)c(C)c1C. The predicted octanol–water partition coefficient (Wildman–Crippen LogP) is 4.02. The quantitative estimate of drug-likeness (QED) is 0.856. The van der Waals surface area contributed by atoms with Crippen LogP contribution in [0.2, 0.25) is 0 Å². The molecule has 4 heteroatoms. The molecule has 0 N–H and O–H groups in total. The fourth-order valence-corrected chi connectivity index (χ4v) is 3.84. The van der Waals surface area contributed by atoms with Crippen LogP contribution < -0.4 is 8.49 Å². The van der Waals surface area contributed by atoms with Crippen LogP contribution in [0.4, 0.5) is 5.69 Å². The van der Waals surface area contributed by atoms with Gasteiger partial charge >= 0.3 is 11.3 Å². The third kappa shape index (κ3) is 2.75. The Labute approximate surface area is 134 Å². The molecular formula is C18H21NO2S. The molecule has 22 heavy (non-hydrogen) atoms. The van der Waals surface area contributed by atoms with E-state index in [0.717, 1.165) is 30.6 Å². The second kappa shape index (κ2) is 6.13. The second-order valence-corrected chi connectivity index (χ2v) is 6.81. The molecule has 0 saturated heterocycles. The van der Waals surface area contributed by atoms with E-state index in [-0.39, 0.29) is 0 Å². The summed E-state index contributed by atoms with van der Waals surface area (Å²) in [5.41, 5.74) is 5.72. The van der Waals surface area contributed by atoms with E-state index in [1.54, 1.807) is 0 Å². The molecule has 0 bridgehead atoms. The number of nitrogens with zero attached hydrogens (tertiary/aromatic N) is 1. The molecule has 0 fully saturated rings.